The van der Waals surface area contributed by atoms with Gasteiger partial charge in [-0.3, -0.25) is 0 Å². The van der Waals surface area contributed by atoms with Gasteiger partial charge >= 0.3 is 24.4 Å². The van der Waals surface area contributed by atoms with Gasteiger partial charge in [-0.2, -0.15) is 37.9 Å². The molecule has 0 bridgehead atoms. The minimum absolute atomic E-state index is 0. The standard InChI is InChI=1S/3C7H14O4S.Sb/c3*1-10-4-5-11-3-2-6(12)7(8)9;/h3*6,12H,2-5H2,1H3,(H,8,9);/q;;;+3/p-3. The van der Waals surface area contributed by atoms with Crippen LogP contribution in [0.3, 0.4) is 0 Å². The van der Waals surface area contributed by atoms with Gasteiger partial charge in [0.2, 0.25) is 0 Å². The Kier molecular flexibility index (Phi) is 40.6. The van der Waals surface area contributed by atoms with E-state index in [-0.39, 0.29) is 24.4 Å². The van der Waals surface area contributed by atoms with E-state index in [1.54, 1.807) is 21.3 Å². The van der Waals surface area contributed by atoms with Crippen LogP contribution in [0.4, 0.5) is 0 Å². The van der Waals surface area contributed by atoms with Gasteiger partial charge in [-0.05, 0) is 19.3 Å². The molecule has 0 aliphatic heterocycles. The molecule has 12 nitrogen and oxygen atoms in total. The summed E-state index contributed by atoms with van der Waals surface area (Å²) >= 11 is 11.3. The smallest absolute Gasteiger partial charge is 0.549 e. The summed E-state index contributed by atoms with van der Waals surface area (Å²) in [6, 6.07) is 0. The van der Waals surface area contributed by atoms with Crippen LogP contribution >= 0.6 is 37.9 Å². The Labute approximate surface area is 253 Å². The molecule has 0 aromatic rings. The first kappa shape index (κ1) is 44.1. The van der Waals surface area contributed by atoms with Crippen LogP contribution in [0.1, 0.15) is 19.3 Å². The number of aliphatic carboxylic acids is 3. The SMILES string of the molecule is COCCOCCC(S)C(=O)[O-].COCCOCCC(S)C(=O)[O-].COCCOCCC(S)C(=O)[O-].[Sb+3]. The summed E-state index contributed by atoms with van der Waals surface area (Å²) in [5, 5.41) is 28.2. The van der Waals surface area contributed by atoms with Crippen molar-refractivity contribution in [2.45, 2.75) is 35.0 Å². The first-order chi connectivity index (χ1) is 17.0. The van der Waals surface area contributed by atoms with Gasteiger partial charge < -0.3 is 58.1 Å². The fourth-order valence-electron chi connectivity index (χ4n) is 1.67. The molecule has 0 amide bonds. The summed E-state index contributed by atoms with van der Waals surface area (Å²) in [4.78, 5) is 30.5. The number of carbonyl (C=O) groups is 3. The Bertz CT molecular complexity index is 464. The first-order valence-corrected chi connectivity index (χ1v) is 12.5. The predicted molar refractivity (Wildman–Crippen MR) is 141 cm³/mol. The normalized spacial score (nSPS) is 12.5. The molecule has 3 unspecified atom stereocenters. The average molecular weight is 701 g/mol. The minimum atomic E-state index is -1.16. The van der Waals surface area contributed by atoms with Crippen LogP contribution in [0.25, 0.3) is 0 Å². The minimum Gasteiger partial charge on any atom is -0.549 e. The summed E-state index contributed by atoms with van der Waals surface area (Å²) in [5.41, 5.74) is 0. The van der Waals surface area contributed by atoms with E-state index in [9.17, 15) is 29.7 Å². The average Bonchev–Trinajstić information content (AvgIpc) is 2.83. The second-order valence-electron chi connectivity index (χ2n) is 6.69. The van der Waals surface area contributed by atoms with Crippen molar-refractivity contribution in [3.63, 3.8) is 0 Å². The Morgan fingerprint density at radius 2 is 0.730 bits per heavy atom. The van der Waals surface area contributed by atoms with Crippen LogP contribution in [0, 0.1) is 0 Å². The molecular weight excluding hydrogens is 662 g/mol. The Balaban J connectivity index is -0.000000218. The number of carboxylic acids is 3. The van der Waals surface area contributed by atoms with Crippen molar-refractivity contribution in [3.8, 4) is 0 Å². The van der Waals surface area contributed by atoms with E-state index in [1.807, 2.05) is 0 Å². The van der Waals surface area contributed by atoms with Gasteiger partial charge in [0.15, 0.2) is 0 Å². The molecule has 0 saturated carbocycles. The number of thiol groups is 3. The van der Waals surface area contributed by atoms with Crippen molar-refractivity contribution in [3.05, 3.63) is 0 Å². The van der Waals surface area contributed by atoms with E-state index in [4.69, 9.17) is 28.4 Å². The molecule has 218 valence electrons. The molecule has 0 N–H and O–H groups in total. The third kappa shape index (κ3) is 38.3. The number of rotatable bonds is 21. The summed E-state index contributed by atoms with van der Waals surface area (Å²) in [5.74, 6) is -3.48. The number of hydrogen-bond donors (Lipinski definition) is 3. The van der Waals surface area contributed by atoms with Crippen LogP contribution in [-0.2, 0) is 42.8 Å². The van der Waals surface area contributed by atoms with Gasteiger partial charge in [0, 0.05) is 56.9 Å². The zero-order valence-corrected chi connectivity index (χ0v) is 26.6. The van der Waals surface area contributed by atoms with Gasteiger partial charge in [-0.1, -0.05) is 0 Å². The number of ether oxygens (including phenoxy) is 6. The van der Waals surface area contributed by atoms with Crippen LogP contribution in [0.5, 0.6) is 0 Å². The van der Waals surface area contributed by atoms with Crippen molar-refractivity contribution < 1.29 is 58.1 Å². The van der Waals surface area contributed by atoms with Crippen molar-refractivity contribution in [1.29, 1.82) is 0 Å². The van der Waals surface area contributed by atoms with Crippen molar-refractivity contribution in [2.24, 2.45) is 0 Å². The molecule has 0 rings (SSSR count). The molecule has 0 aromatic carbocycles. The Morgan fingerprint density at radius 3 is 0.892 bits per heavy atom. The van der Waals surface area contributed by atoms with E-state index in [2.05, 4.69) is 37.9 Å². The molecule has 0 saturated heterocycles. The van der Waals surface area contributed by atoms with Gasteiger partial charge in [0.05, 0.1) is 57.5 Å². The molecule has 0 spiro atoms. The molecule has 3 atom stereocenters. The Hall–Kier alpha value is 0.0382. The second kappa shape index (κ2) is 34.1. The number of carboxylic acid groups (broad SMARTS) is 3. The quantitative estimate of drug-likeness (QED) is 0.0625. The van der Waals surface area contributed by atoms with Crippen LogP contribution < -0.4 is 15.3 Å². The van der Waals surface area contributed by atoms with Gasteiger partial charge in [-0.15, -0.1) is 0 Å². The summed E-state index contributed by atoms with van der Waals surface area (Å²) in [6.07, 6.45) is 1.07. The summed E-state index contributed by atoms with van der Waals surface area (Å²) in [7, 11) is 4.73. The molecule has 0 aromatic heterocycles. The third-order valence-corrected chi connectivity index (χ3v) is 5.13. The second-order valence-corrected chi connectivity index (χ2v) is 8.56. The zero-order valence-electron chi connectivity index (χ0n) is 21.4. The molecule has 0 aliphatic carbocycles. The summed E-state index contributed by atoms with van der Waals surface area (Å²) in [6.45, 7) is 4.08. The number of hydrogen-bond acceptors (Lipinski definition) is 15. The van der Waals surface area contributed by atoms with Gasteiger partial charge in [0.1, 0.15) is 0 Å². The maximum Gasteiger partial charge on any atom is 3.00 e. The molecular formula is C21H39O12S3Sb. The number of methoxy groups -OCH3 is 3. The van der Waals surface area contributed by atoms with E-state index >= 15 is 0 Å². The topological polar surface area (TPSA) is 176 Å². The monoisotopic (exact) mass is 700 g/mol. The molecule has 16 heteroatoms. The van der Waals surface area contributed by atoms with Crippen molar-refractivity contribution in [1.82, 2.24) is 0 Å². The summed E-state index contributed by atoms with van der Waals surface area (Å²) < 4.78 is 29.3. The van der Waals surface area contributed by atoms with Crippen LogP contribution in [0.2, 0.25) is 0 Å². The van der Waals surface area contributed by atoms with Crippen molar-refractivity contribution >= 4 is 80.2 Å². The van der Waals surface area contributed by atoms with Crippen molar-refractivity contribution in [2.75, 3.05) is 80.8 Å². The Morgan fingerprint density at radius 1 is 0.514 bits per heavy atom. The number of carbonyl (C=O) groups excluding carboxylic acids is 3. The molecule has 0 aliphatic rings. The molecule has 37 heavy (non-hydrogen) atoms. The largest absolute Gasteiger partial charge is 3.00 e. The fraction of sp³-hybridized carbons (Fsp3) is 0.857. The van der Waals surface area contributed by atoms with E-state index in [0.717, 1.165) is 0 Å². The molecule has 0 fully saturated rings. The molecule has 2 radical (unpaired) electrons. The molecule has 0 heterocycles. The van der Waals surface area contributed by atoms with E-state index in [1.165, 1.54) is 0 Å². The maximum absolute atomic E-state index is 10.2. The zero-order chi connectivity index (χ0) is 28.2. The fourth-order valence-corrected chi connectivity index (χ4v) is 1.99. The van der Waals surface area contributed by atoms with E-state index in [0.29, 0.717) is 78.7 Å². The predicted octanol–water partition coefficient (Wildman–Crippen LogP) is -3.12. The van der Waals surface area contributed by atoms with Gasteiger partial charge in [0.25, 0.3) is 0 Å². The van der Waals surface area contributed by atoms with Crippen LogP contribution in [-0.4, -0.2) is 139 Å². The first-order valence-electron chi connectivity index (χ1n) is 10.9. The van der Waals surface area contributed by atoms with Gasteiger partial charge in [-0.25, -0.2) is 0 Å². The van der Waals surface area contributed by atoms with E-state index < -0.39 is 33.7 Å². The maximum atomic E-state index is 10.2. The third-order valence-electron chi connectivity index (χ3n) is 3.72. The van der Waals surface area contributed by atoms with Crippen LogP contribution in [0.15, 0.2) is 0 Å².